The quantitative estimate of drug-likeness (QED) is 0.777. The van der Waals surface area contributed by atoms with Gasteiger partial charge < -0.3 is 5.32 Å². The van der Waals surface area contributed by atoms with Crippen LogP contribution in [0.5, 0.6) is 0 Å². The van der Waals surface area contributed by atoms with Crippen molar-refractivity contribution in [3.63, 3.8) is 0 Å². The van der Waals surface area contributed by atoms with E-state index in [-0.39, 0.29) is 10.8 Å². The van der Waals surface area contributed by atoms with Gasteiger partial charge in [-0.15, -0.1) is 0 Å². The molecule has 3 aliphatic rings. The van der Waals surface area contributed by atoms with Crippen LogP contribution in [0.3, 0.4) is 0 Å². The van der Waals surface area contributed by atoms with Crippen LogP contribution >= 0.6 is 0 Å². The van der Waals surface area contributed by atoms with Crippen LogP contribution in [0.2, 0.25) is 0 Å². The predicted octanol–water partition coefficient (Wildman–Crippen LogP) is 5.35. The van der Waals surface area contributed by atoms with Gasteiger partial charge in [0.15, 0.2) is 0 Å². The Labute approximate surface area is 159 Å². The number of benzene rings is 1. The van der Waals surface area contributed by atoms with Gasteiger partial charge >= 0.3 is 0 Å². The lowest BCUT2D eigenvalue weighted by molar-refractivity contribution is -0.123. The lowest BCUT2D eigenvalue weighted by Gasteiger charge is -2.55. The third-order valence-electron chi connectivity index (χ3n) is 7.79. The molecule has 2 heteroatoms. The molecule has 2 fully saturated rings. The molecule has 0 aromatic heterocycles. The van der Waals surface area contributed by atoms with Crippen molar-refractivity contribution in [3.05, 3.63) is 34.9 Å². The van der Waals surface area contributed by atoms with Crippen molar-refractivity contribution in [2.45, 2.75) is 84.0 Å². The minimum atomic E-state index is 0.225. The summed E-state index contributed by atoms with van der Waals surface area (Å²) >= 11 is 0. The molecule has 4 rings (SSSR count). The van der Waals surface area contributed by atoms with Crippen LogP contribution in [0.1, 0.15) is 88.8 Å². The molecule has 0 bridgehead atoms. The second-order valence-electron chi connectivity index (χ2n) is 10.1. The highest BCUT2D eigenvalue weighted by Crippen LogP contribution is 2.57. The van der Waals surface area contributed by atoms with Gasteiger partial charge in [0.2, 0.25) is 5.91 Å². The predicted molar refractivity (Wildman–Crippen MR) is 107 cm³/mol. The van der Waals surface area contributed by atoms with Crippen LogP contribution in [0.4, 0.5) is 0 Å². The molecular weight excluding hydrogens is 318 g/mol. The summed E-state index contributed by atoms with van der Waals surface area (Å²) in [4.78, 5) is 12.2. The van der Waals surface area contributed by atoms with Crippen LogP contribution in [-0.4, -0.2) is 12.5 Å². The summed E-state index contributed by atoms with van der Waals surface area (Å²) in [6, 6.07) is 7.25. The number of carbonyl (C=O) groups is 1. The second-order valence-corrected chi connectivity index (χ2v) is 10.1. The van der Waals surface area contributed by atoms with Gasteiger partial charge in [0.05, 0.1) is 0 Å². The molecule has 142 valence electrons. The highest BCUT2D eigenvalue weighted by molar-refractivity contribution is 5.80. The van der Waals surface area contributed by atoms with E-state index >= 15 is 0 Å². The number of amides is 1. The first-order valence-corrected chi connectivity index (χ1v) is 10.7. The zero-order valence-corrected chi connectivity index (χ0v) is 17.0. The lowest BCUT2D eigenvalue weighted by Crippen LogP contribution is -2.53. The van der Waals surface area contributed by atoms with Crippen molar-refractivity contribution < 1.29 is 4.79 Å². The summed E-state index contributed by atoms with van der Waals surface area (Å²) in [6.45, 7) is 10.4. The summed E-state index contributed by atoms with van der Waals surface area (Å²) in [6.07, 6.45) is 8.45. The third-order valence-corrected chi connectivity index (χ3v) is 7.79. The first-order chi connectivity index (χ1) is 12.3. The Kier molecular flexibility index (Phi) is 4.44. The molecule has 0 unspecified atom stereocenters. The molecule has 1 amide bonds. The summed E-state index contributed by atoms with van der Waals surface area (Å²) in [5.41, 5.74) is 5.14. The Morgan fingerprint density at radius 1 is 1.19 bits per heavy atom. The molecule has 2 saturated carbocycles. The highest BCUT2D eigenvalue weighted by Gasteiger charge is 2.51. The number of rotatable bonds is 4. The number of aryl methyl sites for hydroxylation is 1. The van der Waals surface area contributed by atoms with Gasteiger partial charge in [-0.05, 0) is 77.9 Å². The Bertz CT molecular complexity index is 704. The number of nitrogens with one attached hydrogen (secondary N) is 1. The molecular formula is C24H35NO. The average molecular weight is 354 g/mol. The van der Waals surface area contributed by atoms with Gasteiger partial charge in [0.1, 0.15) is 0 Å². The standard InChI is InChI=1S/C24H35NO/c1-16(2)19-9-6-17-10-11-21-23(3,15-25-22(26)18-7-8-18)12-5-13-24(21,4)20(17)14-19/h6,9,14,16,18,21H,5,7-8,10-13,15H2,1-4H3,(H,25,26)/t21-,23+,24+/m1/s1. The largest absolute Gasteiger partial charge is 0.355 e. The third kappa shape index (κ3) is 3.00. The Morgan fingerprint density at radius 2 is 1.96 bits per heavy atom. The number of fused-ring (bicyclic) bond motifs is 3. The maximum atomic E-state index is 12.2. The second kappa shape index (κ2) is 6.39. The Morgan fingerprint density at radius 3 is 2.65 bits per heavy atom. The van der Waals surface area contributed by atoms with Crippen molar-refractivity contribution in [1.29, 1.82) is 0 Å². The number of hydrogen-bond acceptors (Lipinski definition) is 1. The molecule has 3 atom stereocenters. The van der Waals surface area contributed by atoms with Gasteiger partial charge in [0, 0.05) is 12.5 Å². The van der Waals surface area contributed by atoms with Crippen molar-refractivity contribution >= 4 is 5.91 Å². The molecule has 1 N–H and O–H groups in total. The van der Waals surface area contributed by atoms with Crippen molar-refractivity contribution in [2.75, 3.05) is 6.54 Å². The number of carbonyl (C=O) groups excluding carboxylic acids is 1. The first kappa shape index (κ1) is 18.1. The van der Waals surface area contributed by atoms with E-state index in [0.29, 0.717) is 23.7 Å². The first-order valence-electron chi connectivity index (χ1n) is 10.7. The Balaban J connectivity index is 1.62. The van der Waals surface area contributed by atoms with Gasteiger partial charge in [-0.1, -0.05) is 52.3 Å². The normalized spacial score (nSPS) is 33.5. The van der Waals surface area contributed by atoms with Gasteiger partial charge in [-0.3, -0.25) is 4.79 Å². The molecule has 1 aromatic rings. The maximum Gasteiger partial charge on any atom is 0.223 e. The fourth-order valence-electron chi connectivity index (χ4n) is 5.96. The summed E-state index contributed by atoms with van der Waals surface area (Å²) in [7, 11) is 0. The van der Waals surface area contributed by atoms with E-state index < -0.39 is 0 Å². The molecule has 0 heterocycles. The van der Waals surface area contributed by atoms with E-state index in [9.17, 15) is 4.79 Å². The molecule has 2 nitrogen and oxygen atoms in total. The van der Waals surface area contributed by atoms with E-state index in [2.05, 4.69) is 51.2 Å². The molecule has 0 aliphatic heterocycles. The zero-order valence-electron chi connectivity index (χ0n) is 17.0. The molecule has 0 spiro atoms. The molecule has 0 radical (unpaired) electrons. The topological polar surface area (TPSA) is 29.1 Å². The van der Waals surface area contributed by atoms with E-state index in [0.717, 1.165) is 19.4 Å². The zero-order chi connectivity index (χ0) is 18.5. The van der Waals surface area contributed by atoms with Crippen molar-refractivity contribution in [2.24, 2.45) is 17.3 Å². The van der Waals surface area contributed by atoms with Crippen LogP contribution in [0.25, 0.3) is 0 Å². The minimum Gasteiger partial charge on any atom is -0.355 e. The van der Waals surface area contributed by atoms with Crippen LogP contribution < -0.4 is 5.32 Å². The Hall–Kier alpha value is -1.31. The van der Waals surface area contributed by atoms with Crippen molar-refractivity contribution in [3.8, 4) is 0 Å². The highest BCUT2D eigenvalue weighted by atomic mass is 16.2. The van der Waals surface area contributed by atoms with Crippen LogP contribution in [0, 0.1) is 17.3 Å². The molecule has 0 saturated heterocycles. The SMILES string of the molecule is CC(C)c1ccc2c(c1)[C@]1(C)CCC[C@@](C)(CNC(=O)C3CC3)[C@H]1CC2. The van der Waals surface area contributed by atoms with Gasteiger partial charge in [0.25, 0.3) is 0 Å². The fraction of sp³-hybridized carbons (Fsp3) is 0.708. The van der Waals surface area contributed by atoms with E-state index in [1.165, 1.54) is 37.7 Å². The van der Waals surface area contributed by atoms with E-state index in [1.54, 1.807) is 11.1 Å². The average Bonchev–Trinajstić information content (AvgIpc) is 3.44. The maximum absolute atomic E-state index is 12.2. The van der Waals surface area contributed by atoms with E-state index in [4.69, 9.17) is 0 Å². The van der Waals surface area contributed by atoms with E-state index in [1.807, 2.05) is 0 Å². The summed E-state index contributed by atoms with van der Waals surface area (Å²) in [5, 5.41) is 3.32. The van der Waals surface area contributed by atoms with Gasteiger partial charge in [-0.25, -0.2) is 0 Å². The fourth-order valence-corrected chi connectivity index (χ4v) is 5.96. The number of hydrogen-bond donors (Lipinski definition) is 1. The monoisotopic (exact) mass is 353 g/mol. The molecule has 26 heavy (non-hydrogen) atoms. The lowest BCUT2D eigenvalue weighted by atomic mass is 9.49. The van der Waals surface area contributed by atoms with Crippen molar-refractivity contribution in [1.82, 2.24) is 5.32 Å². The molecule has 1 aromatic carbocycles. The van der Waals surface area contributed by atoms with Crippen LogP contribution in [0.15, 0.2) is 18.2 Å². The van der Waals surface area contributed by atoms with Gasteiger partial charge in [-0.2, -0.15) is 0 Å². The molecule has 3 aliphatic carbocycles. The summed E-state index contributed by atoms with van der Waals surface area (Å²) in [5.74, 6) is 1.86. The smallest absolute Gasteiger partial charge is 0.223 e. The minimum absolute atomic E-state index is 0.225. The summed E-state index contributed by atoms with van der Waals surface area (Å²) < 4.78 is 0. The van der Waals surface area contributed by atoms with Crippen LogP contribution in [-0.2, 0) is 16.6 Å².